The third-order valence-electron chi connectivity index (χ3n) is 10.4. The van der Waals surface area contributed by atoms with E-state index in [9.17, 15) is 4.39 Å². The fourth-order valence-electron chi connectivity index (χ4n) is 7.89. The molecule has 1 radical (unpaired) electrons. The molecule has 0 atom stereocenters. The summed E-state index contributed by atoms with van der Waals surface area (Å²) < 4.78 is 35.5. The van der Waals surface area contributed by atoms with Crippen LogP contribution in [-0.2, 0) is 0 Å². The summed E-state index contributed by atoms with van der Waals surface area (Å²) >= 11 is 0. The van der Waals surface area contributed by atoms with Crippen molar-refractivity contribution >= 4 is 8.80 Å². The molecule has 2 saturated carbocycles. The molecule has 213 valence electrons. The second kappa shape index (κ2) is 15.6. The van der Waals surface area contributed by atoms with Gasteiger partial charge in [-0.2, -0.15) is 4.39 Å². The van der Waals surface area contributed by atoms with Gasteiger partial charge in [0.25, 0.3) is 0 Å². The number of unbranched alkanes of at least 4 members (excludes halogenated alkanes) is 6. The summed E-state index contributed by atoms with van der Waals surface area (Å²) in [4.78, 5) is 0. The molecule has 0 bridgehead atoms. The largest absolute Gasteiger partial charge is 0.490 e. The van der Waals surface area contributed by atoms with Crippen LogP contribution in [0.15, 0.2) is 24.4 Å². The number of hydrogen-bond acceptors (Lipinski definition) is 1. The van der Waals surface area contributed by atoms with E-state index in [2.05, 4.69) is 19.2 Å². The molecule has 0 unspecified atom stereocenters. The van der Waals surface area contributed by atoms with E-state index in [1.807, 2.05) is 0 Å². The van der Waals surface area contributed by atoms with Gasteiger partial charge in [0.05, 0.1) is 15.4 Å². The van der Waals surface area contributed by atoms with Crippen LogP contribution in [-0.4, -0.2) is 15.4 Å². The molecular formula is C34H53F2OSi. The molecule has 2 aliphatic carbocycles. The predicted molar refractivity (Wildman–Crippen MR) is 158 cm³/mol. The minimum atomic E-state index is -0.782. The third-order valence-corrected chi connectivity index (χ3v) is 12.8. The molecule has 1 aromatic rings. The molecule has 4 rings (SSSR count). The minimum absolute atomic E-state index is 0.0855. The van der Waals surface area contributed by atoms with Gasteiger partial charge in [-0.15, -0.1) is 12.3 Å². The molecule has 3 fully saturated rings. The highest BCUT2D eigenvalue weighted by Crippen LogP contribution is 2.47. The van der Waals surface area contributed by atoms with Crippen LogP contribution in [0.5, 0.6) is 5.75 Å². The highest BCUT2D eigenvalue weighted by Gasteiger charge is 2.35. The van der Waals surface area contributed by atoms with Crippen LogP contribution in [0.4, 0.5) is 8.78 Å². The standard InChI is InChI=1S/C34H53F2OSi/c1-3-5-6-7-8-9-10-23-37-32-20-19-31(33(35)34(32)36)30-17-15-27(16-18-30)26-11-13-28(14-12-26)29-21-24-38(4-2)25-22-29/h4,19-20,26-30H,2-3,5-18,21-25H2,1H3. The van der Waals surface area contributed by atoms with Crippen LogP contribution >= 0.6 is 0 Å². The Morgan fingerprint density at radius 2 is 1.26 bits per heavy atom. The minimum Gasteiger partial charge on any atom is -0.490 e. The summed E-state index contributed by atoms with van der Waals surface area (Å²) in [5.74, 6) is 2.36. The molecule has 0 spiro atoms. The van der Waals surface area contributed by atoms with Gasteiger partial charge in [-0.1, -0.05) is 76.4 Å². The lowest BCUT2D eigenvalue weighted by Gasteiger charge is -2.41. The second-order valence-electron chi connectivity index (χ2n) is 12.7. The van der Waals surface area contributed by atoms with E-state index >= 15 is 4.39 Å². The summed E-state index contributed by atoms with van der Waals surface area (Å²) in [5.41, 5.74) is 2.85. The lowest BCUT2D eigenvalue weighted by atomic mass is 9.66. The van der Waals surface area contributed by atoms with Crippen molar-refractivity contribution in [3.8, 4) is 5.75 Å². The van der Waals surface area contributed by atoms with Gasteiger partial charge in [-0.05, 0) is 99.0 Å². The predicted octanol–water partition coefficient (Wildman–Crippen LogP) is 10.8. The van der Waals surface area contributed by atoms with Crippen LogP contribution in [0.2, 0.25) is 12.1 Å². The van der Waals surface area contributed by atoms with E-state index in [1.165, 1.54) is 95.6 Å². The van der Waals surface area contributed by atoms with Gasteiger partial charge in [0.15, 0.2) is 11.6 Å². The Labute approximate surface area is 233 Å². The lowest BCUT2D eigenvalue weighted by Crippen LogP contribution is -2.30. The van der Waals surface area contributed by atoms with Crippen molar-refractivity contribution in [1.29, 1.82) is 0 Å². The number of hydrogen-bond donors (Lipinski definition) is 0. The molecule has 1 nitrogen and oxygen atoms in total. The van der Waals surface area contributed by atoms with Gasteiger partial charge >= 0.3 is 0 Å². The molecule has 38 heavy (non-hydrogen) atoms. The fraction of sp³-hybridized carbons (Fsp3) is 0.765. The summed E-state index contributed by atoms with van der Waals surface area (Å²) in [5, 5.41) is 0. The van der Waals surface area contributed by atoms with Crippen molar-refractivity contribution in [3.63, 3.8) is 0 Å². The smallest absolute Gasteiger partial charge is 0.200 e. The van der Waals surface area contributed by atoms with Gasteiger partial charge in [0, 0.05) is 0 Å². The van der Waals surface area contributed by atoms with Crippen molar-refractivity contribution in [2.24, 2.45) is 23.7 Å². The van der Waals surface area contributed by atoms with Crippen molar-refractivity contribution in [2.45, 2.75) is 134 Å². The normalized spacial score (nSPS) is 27.3. The molecule has 0 aromatic heterocycles. The highest BCUT2D eigenvalue weighted by molar-refractivity contribution is 6.64. The van der Waals surface area contributed by atoms with E-state index in [0.717, 1.165) is 49.4 Å². The Balaban J connectivity index is 1.17. The molecule has 1 aromatic carbocycles. The second-order valence-corrected chi connectivity index (χ2v) is 15.5. The molecule has 1 saturated heterocycles. The molecule has 0 N–H and O–H groups in total. The summed E-state index contributed by atoms with van der Waals surface area (Å²) in [6.07, 6.45) is 21.2. The van der Waals surface area contributed by atoms with Gasteiger partial charge < -0.3 is 4.74 Å². The topological polar surface area (TPSA) is 9.23 Å². The zero-order chi connectivity index (χ0) is 26.7. The summed E-state index contributed by atoms with van der Waals surface area (Å²) in [6.45, 7) is 6.74. The maximum absolute atomic E-state index is 15.1. The van der Waals surface area contributed by atoms with Crippen molar-refractivity contribution in [3.05, 3.63) is 41.6 Å². The summed E-state index contributed by atoms with van der Waals surface area (Å²) in [6, 6.07) is 6.38. The molecule has 0 amide bonds. The Kier molecular flexibility index (Phi) is 12.2. The molecule has 1 heterocycles. The van der Waals surface area contributed by atoms with Gasteiger partial charge in [0.1, 0.15) is 0 Å². The van der Waals surface area contributed by atoms with E-state index in [-0.39, 0.29) is 20.5 Å². The molecule has 3 aliphatic rings. The first kappa shape index (κ1) is 29.8. The van der Waals surface area contributed by atoms with Crippen LogP contribution in [0.3, 0.4) is 0 Å². The quantitative estimate of drug-likeness (QED) is 0.178. The number of rotatable bonds is 13. The third kappa shape index (κ3) is 8.18. The van der Waals surface area contributed by atoms with Gasteiger partial charge in [-0.3, -0.25) is 0 Å². The monoisotopic (exact) mass is 543 g/mol. The van der Waals surface area contributed by atoms with E-state index in [1.54, 1.807) is 12.1 Å². The SMILES string of the molecule is C=C[Si]1CCC(C2CCC(C3CCC(c4ccc(OCCCCCCCCC)c(F)c4F)CC3)CC2)CC1. The van der Waals surface area contributed by atoms with E-state index < -0.39 is 11.6 Å². The lowest BCUT2D eigenvalue weighted by molar-refractivity contribution is 0.129. The molecular weight excluding hydrogens is 490 g/mol. The summed E-state index contributed by atoms with van der Waals surface area (Å²) in [7, 11) is -0.224. The van der Waals surface area contributed by atoms with Crippen molar-refractivity contribution in [2.75, 3.05) is 6.61 Å². The first-order valence-electron chi connectivity index (χ1n) is 16.2. The number of ether oxygens (including phenoxy) is 1. The fourth-order valence-corrected chi connectivity index (χ4v) is 10.0. The zero-order valence-electron chi connectivity index (χ0n) is 24.1. The van der Waals surface area contributed by atoms with Gasteiger partial charge in [-0.25, -0.2) is 4.39 Å². The molecule has 1 aliphatic heterocycles. The number of halogens is 2. The Morgan fingerprint density at radius 3 is 1.84 bits per heavy atom. The van der Waals surface area contributed by atoms with Crippen LogP contribution in [0.25, 0.3) is 0 Å². The average Bonchev–Trinajstić information content (AvgIpc) is 2.97. The maximum Gasteiger partial charge on any atom is 0.200 e. The first-order valence-corrected chi connectivity index (χ1v) is 18.2. The first-order chi connectivity index (χ1) is 18.6. The Bertz CT molecular complexity index is 833. The Morgan fingerprint density at radius 1 is 0.737 bits per heavy atom. The van der Waals surface area contributed by atoms with Crippen LogP contribution in [0, 0.1) is 35.3 Å². The van der Waals surface area contributed by atoms with Crippen LogP contribution in [0.1, 0.15) is 128 Å². The van der Waals surface area contributed by atoms with Crippen molar-refractivity contribution < 1.29 is 13.5 Å². The molecule has 4 heteroatoms. The average molecular weight is 544 g/mol. The maximum atomic E-state index is 15.1. The van der Waals surface area contributed by atoms with Gasteiger partial charge in [0.2, 0.25) is 5.82 Å². The van der Waals surface area contributed by atoms with E-state index in [4.69, 9.17) is 4.74 Å². The Hall–Kier alpha value is -1.16. The van der Waals surface area contributed by atoms with E-state index in [0.29, 0.717) is 12.2 Å². The van der Waals surface area contributed by atoms with Crippen molar-refractivity contribution in [1.82, 2.24) is 0 Å². The van der Waals surface area contributed by atoms with Crippen LogP contribution < -0.4 is 4.74 Å². The number of benzene rings is 1. The zero-order valence-corrected chi connectivity index (χ0v) is 25.1. The highest BCUT2D eigenvalue weighted by atomic mass is 28.3.